The van der Waals surface area contributed by atoms with Crippen LogP contribution in [0.5, 0.6) is 0 Å². The van der Waals surface area contributed by atoms with Crippen molar-refractivity contribution in [2.45, 2.75) is 18.9 Å². The second kappa shape index (κ2) is 9.68. The average molecular weight is 492 g/mol. The van der Waals surface area contributed by atoms with Crippen molar-refractivity contribution in [2.75, 3.05) is 19.7 Å². The maximum atomic E-state index is 12.9. The van der Waals surface area contributed by atoms with Crippen LogP contribution in [-0.4, -0.2) is 48.4 Å². The fourth-order valence-corrected chi connectivity index (χ4v) is 3.64. The van der Waals surface area contributed by atoms with Gasteiger partial charge in [-0.3, -0.25) is 14.4 Å². The van der Waals surface area contributed by atoms with Gasteiger partial charge in [0.2, 0.25) is 5.91 Å². The highest BCUT2D eigenvalue weighted by molar-refractivity contribution is 14.1. The molecule has 7 heteroatoms. The van der Waals surface area contributed by atoms with Crippen molar-refractivity contribution in [3.8, 4) is 0 Å². The maximum absolute atomic E-state index is 12.9. The summed E-state index contributed by atoms with van der Waals surface area (Å²) >= 11 is 2.13. The Hall–Kier alpha value is -2.42. The first kappa shape index (κ1) is 20.3. The van der Waals surface area contributed by atoms with E-state index in [0.717, 1.165) is 9.13 Å². The highest BCUT2D eigenvalue weighted by Gasteiger charge is 2.35. The van der Waals surface area contributed by atoms with Crippen molar-refractivity contribution in [2.24, 2.45) is 0 Å². The molecule has 1 atom stereocenters. The summed E-state index contributed by atoms with van der Waals surface area (Å²) in [6.45, 7) is 0.966. The summed E-state index contributed by atoms with van der Waals surface area (Å²) in [5.41, 5.74) is 1.57. The first-order valence-electron chi connectivity index (χ1n) is 9.08. The molecule has 1 heterocycles. The van der Waals surface area contributed by atoms with Crippen LogP contribution in [0.2, 0.25) is 0 Å². The van der Waals surface area contributed by atoms with Crippen molar-refractivity contribution < 1.29 is 19.1 Å². The normalized spacial score (nSPS) is 16.4. The Balaban J connectivity index is 1.61. The van der Waals surface area contributed by atoms with Gasteiger partial charge in [-0.05, 0) is 46.4 Å². The number of ether oxygens (including phenoxy) is 1. The number of carbonyl (C=O) groups excluding carboxylic acids is 3. The van der Waals surface area contributed by atoms with E-state index < -0.39 is 12.0 Å². The lowest BCUT2D eigenvalue weighted by Crippen LogP contribution is -2.57. The van der Waals surface area contributed by atoms with Crippen molar-refractivity contribution in [1.82, 2.24) is 10.2 Å². The molecule has 146 valence electrons. The Morgan fingerprint density at radius 2 is 1.93 bits per heavy atom. The zero-order valence-electron chi connectivity index (χ0n) is 15.3. The molecule has 28 heavy (non-hydrogen) atoms. The zero-order chi connectivity index (χ0) is 19.9. The second-order valence-electron chi connectivity index (χ2n) is 6.48. The van der Waals surface area contributed by atoms with E-state index in [2.05, 4.69) is 27.9 Å². The van der Waals surface area contributed by atoms with E-state index in [0.29, 0.717) is 25.1 Å². The van der Waals surface area contributed by atoms with Crippen LogP contribution in [0.3, 0.4) is 0 Å². The van der Waals surface area contributed by atoms with Gasteiger partial charge < -0.3 is 15.0 Å². The third kappa shape index (κ3) is 5.31. The molecule has 1 aliphatic rings. The minimum atomic E-state index is -0.858. The van der Waals surface area contributed by atoms with E-state index in [1.54, 1.807) is 18.2 Å². The third-order valence-electron chi connectivity index (χ3n) is 4.52. The number of benzene rings is 2. The van der Waals surface area contributed by atoms with Crippen molar-refractivity contribution in [3.05, 3.63) is 69.3 Å². The molecule has 3 rings (SSSR count). The molecule has 2 aromatic rings. The molecule has 0 aromatic heterocycles. The number of carbonyl (C=O) groups is 3. The highest BCUT2D eigenvalue weighted by atomic mass is 127. The van der Waals surface area contributed by atoms with Gasteiger partial charge in [0.1, 0.15) is 6.04 Å². The summed E-state index contributed by atoms with van der Waals surface area (Å²) in [5.74, 6) is -1.07. The van der Waals surface area contributed by atoms with Crippen LogP contribution >= 0.6 is 22.6 Å². The second-order valence-corrected chi connectivity index (χ2v) is 7.72. The first-order valence-corrected chi connectivity index (χ1v) is 10.2. The lowest BCUT2D eigenvalue weighted by Gasteiger charge is -2.34. The molecule has 1 aliphatic heterocycles. The number of hydrogen-bond donors (Lipinski definition) is 1. The van der Waals surface area contributed by atoms with Crippen molar-refractivity contribution >= 4 is 40.4 Å². The van der Waals surface area contributed by atoms with Crippen LogP contribution in [0.4, 0.5) is 0 Å². The predicted molar refractivity (Wildman–Crippen MR) is 113 cm³/mol. The molecule has 1 unspecified atom stereocenters. The fourth-order valence-electron chi connectivity index (χ4n) is 3.09. The smallest absolute Gasteiger partial charge is 0.308 e. The van der Waals surface area contributed by atoms with E-state index in [1.807, 2.05) is 36.4 Å². The molecular formula is C21H21IN2O4. The molecule has 2 amide bonds. The van der Waals surface area contributed by atoms with Crippen molar-refractivity contribution in [1.29, 1.82) is 0 Å². The first-order chi connectivity index (χ1) is 13.5. The maximum Gasteiger partial charge on any atom is 0.308 e. The molecule has 0 bridgehead atoms. The van der Waals surface area contributed by atoms with Crippen LogP contribution in [0, 0.1) is 3.57 Å². The van der Waals surface area contributed by atoms with Gasteiger partial charge in [-0.2, -0.15) is 0 Å². The van der Waals surface area contributed by atoms with Crippen LogP contribution < -0.4 is 5.32 Å². The zero-order valence-corrected chi connectivity index (χ0v) is 17.4. The number of nitrogens with one attached hydrogen (secondary N) is 1. The molecule has 0 saturated carbocycles. The summed E-state index contributed by atoms with van der Waals surface area (Å²) in [4.78, 5) is 38.9. The Morgan fingerprint density at radius 3 is 2.68 bits per heavy atom. The number of halogens is 1. The van der Waals surface area contributed by atoms with E-state index >= 15 is 0 Å². The largest absolute Gasteiger partial charge is 0.465 e. The number of nitrogens with zero attached hydrogens (tertiary/aromatic N) is 1. The Morgan fingerprint density at radius 1 is 1.14 bits per heavy atom. The standard InChI is InChI=1S/C21H21IN2O4/c22-17-8-4-7-16(13-17)21(27)24-11-10-23-20(26)18(24)14-19(25)28-12-9-15-5-2-1-3-6-15/h1-8,13,18H,9-12,14H2,(H,23,26). The molecule has 0 radical (unpaired) electrons. The van der Waals surface area contributed by atoms with Gasteiger partial charge in [0.05, 0.1) is 13.0 Å². The quantitative estimate of drug-likeness (QED) is 0.497. The molecule has 1 saturated heterocycles. The van der Waals surface area contributed by atoms with Crippen molar-refractivity contribution in [3.63, 3.8) is 0 Å². The van der Waals surface area contributed by atoms with E-state index in [-0.39, 0.29) is 24.8 Å². The number of hydrogen-bond acceptors (Lipinski definition) is 4. The SMILES string of the molecule is O=C(CC1C(=O)NCCN1C(=O)c1cccc(I)c1)OCCc1ccccc1. The van der Waals surface area contributed by atoms with Crippen LogP contribution in [0.25, 0.3) is 0 Å². The van der Waals surface area contributed by atoms with Crippen LogP contribution in [0.15, 0.2) is 54.6 Å². The van der Waals surface area contributed by atoms with E-state index in [1.165, 1.54) is 4.90 Å². The van der Waals surface area contributed by atoms with Gasteiger partial charge in [0.15, 0.2) is 0 Å². The summed E-state index contributed by atoms with van der Waals surface area (Å²) < 4.78 is 6.22. The molecular weight excluding hydrogens is 471 g/mol. The van der Waals surface area contributed by atoms with Gasteiger partial charge in [0.25, 0.3) is 5.91 Å². The summed E-state index contributed by atoms with van der Waals surface area (Å²) in [6, 6.07) is 16.0. The molecule has 1 N–H and O–H groups in total. The minimum Gasteiger partial charge on any atom is -0.465 e. The third-order valence-corrected chi connectivity index (χ3v) is 5.19. The molecule has 0 aliphatic carbocycles. The van der Waals surface area contributed by atoms with E-state index in [9.17, 15) is 14.4 Å². The molecule has 0 spiro atoms. The Bertz CT molecular complexity index is 856. The molecule has 2 aromatic carbocycles. The number of rotatable bonds is 6. The number of esters is 1. The molecule has 6 nitrogen and oxygen atoms in total. The summed E-state index contributed by atoms with van der Waals surface area (Å²) in [6.07, 6.45) is 0.449. The number of piperazine rings is 1. The average Bonchev–Trinajstić information content (AvgIpc) is 2.70. The summed E-state index contributed by atoms with van der Waals surface area (Å²) in [5, 5.41) is 2.73. The minimum absolute atomic E-state index is 0.156. The monoisotopic (exact) mass is 492 g/mol. The van der Waals surface area contributed by atoms with Crippen LogP contribution in [-0.2, 0) is 20.7 Å². The fraction of sp³-hybridized carbons (Fsp3) is 0.286. The van der Waals surface area contributed by atoms with Gasteiger partial charge in [-0.1, -0.05) is 36.4 Å². The highest BCUT2D eigenvalue weighted by Crippen LogP contribution is 2.16. The Kier molecular flexibility index (Phi) is 7.02. The van der Waals surface area contributed by atoms with Gasteiger partial charge in [-0.15, -0.1) is 0 Å². The lowest BCUT2D eigenvalue weighted by atomic mass is 10.1. The lowest BCUT2D eigenvalue weighted by molar-refractivity contribution is -0.147. The van der Waals surface area contributed by atoms with Gasteiger partial charge >= 0.3 is 5.97 Å². The van der Waals surface area contributed by atoms with E-state index in [4.69, 9.17) is 4.74 Å². The number of amides is 2. The van der Waals surface area contributed by atoms with Gasteiger partial charge in [0, 0.05) is 28.6 Å². The van der Waals surface area contributed by atoms with Gasteiger partial charge in [-0.25, -0.2) is 0 Å². The summed E-state index contributed by atoms with van der Waals surface area (Å²) in [7, 11) is 0. The Labute approximate surface area is 177 Å². The van der Waals surface area contributed by atoms with Crippen LogP contribution in [0.1, 0.15) is 22.3 Å². The molecule has 1 fully saturated rings. The topological polar surface area (TPSA) is 75.7 Å². The predicted octanol–water partition coefficient (Wildman–Crippen LogP) is 2.41.